The first-order valence-corrected chi connectivity index (χ1v) is 6.41. The number of carboxylic acids is 1. The van der Waals surface area contributed by atoms with E-state index in [1.165, 1.54) is 6.92 Å². The van der Waals surface area contributed by atoms with Gasteiger partial charge in [-0.25, -0.2) is 13.6 Å². The summed E-state index contributed by atoms with van der Waals surface area (Å²) in [5, 5.41) is 9.12. The Morgan fingerprint density at radius 3 is 2.60 bits per heavy atom. The zero-order valence-electron chi connectivity index (χ0n) is 11.0. The van der Waals surface area contributed by atoms with Crippen LogP contribution in [0.2, 0.25) is 0 Å². The summed E-state index contributed by atoms with van der Waals surface area (Å²) in [6.45, 7) is 1.70. The Kier molecular flexibility index (Phi) is 4.01. The molecule has 0 bridgehead atoms. The lowest BCUT2D eigenvalue weighted by molar-refractivity contribution is -0.143. The molecule has 0 saturated carbocycles. The Morgan fingerprint density at radius 1 is 1.25 bits per heavy atom. The minimum Gasteiger partial charge on any atom is -0.480 e. The van der Waals surface area contributed by atoms with Crippen molar-refractivity contribution in [3.63, 3.8) is 0 Å². The number of benzene rings is 1. The fraction of sp³-hybridized carbons (Fsp3) is 0.429. The summed E-state index contributed by atoms with van der Waals surface area (Å²) < 4.78 is 26.9. The molecule has 2 rings (SSSR count). The van der Waals surface area contributed by atoms with Gasteiger partial charge in [-0.05, 0) is 37.8 Å². The van der Waals surface area contributed by atoms with Gasteiger partial charge in [-0.2, -0.15) is 0 Å². The number of halogens is 2. The monoisotopic (exact) mass is 283 g/mol. The molecule has 1 atom stereocenters. The molecule has 20 heavy (non-hydrogen) atoms. The van der Waals surface area contributed by atoms with Gasteiger partial charge in [0.05, 0.1) is 5.56 Å². The first-order valence-electron chi connectivity index (χ1n) is 6.41. The van der Waals surface area contributed by atoms with Gasteiger partial charge in [0.25, 0.3) is 5.91 Å². The largest absolute Gasteiger partial charge is 0.480 e. The maximum atomic E-state index is 13.7. The van der Waals surface area contributed by atoms with Crippen LogP contribution in [-0.4, -0.2) is 34.5 Å². The highest BCUT2D eigenvalue weighted by atomic mass is 19.1. The molecular weight excluding hydrogens is 268 g/mol. The van der Waals surface area contributed by atoms with Crippen molar-refractivity contribution in [2.75, 3.05) is 6.54 Å². The maximum absolute atomic E-state index is 13.7. The number of nitrogens with zero attached hydrogens (tertiary/aromatic N) is 1. The van der Waals surface area contributed by atoms with E-state index in [2.05, 4.69) is 0 Å². The Hall–Kier alpha value is -1.98. The van der Waals surface area contributed by atoms with Gasteiger partial charge < -0.3 is 10.0 Å². The van der Waals surface area contributed by atoms with Gasteiger partial charge in [0.15, 0.2) is 0 Å². The number of carboxylic acid groups (broad SMARTS) is 1. The topological polar surface area (TPSA) is 57.6 Å². The van der Waals surface area contributed by atoms with Gasteiger partial charge in [-0.15, -0.1) is 0 Å². The highest BCUT2D eigenvalue weighted by Gasteiger charge is 2.33. The lowest BCUT2D eigenvalue weighted by Gasteiger charge is -2.33. The molecule has 1 amide bonds. The smallest absolute Gasteiger partial charge is 0.326 e. The maximum Gasteiger partial charge on any atom is 0.326 e. The first-order chi connectivity index (χ1) is 9.41. The van der Waals surface area contributed by atoms with Crippen LogP contribution in [0.15, 0.2) is 12.1 Å². The molecule has 1 heterocycles. The number of carbonyl (C=O) groups is 2. The van der Waals surface area contributed by atoms with E-state index in [9.17, 15) is 18.4 Å². The minimum absolute atomic E-state index is 0.152. The van der Waals surface area contributed by atoms with Crippen LogP contribution in [0.25, 0.3) is 0 Å². The SMILES string of the molecule is Cc1cc(C(=O)N2CCCCC2C(=O)O)c(F)cc1F. The third kappa shape index (κ3) is 2.64. The Labute approximate surface area is 115 Å². The van der Waals surface area contributed by atoms with Crippen LogP contribution < -0.4 is 0 Å². The summed E-state index contributed by atoms with van der Waals surface area (Å²) in [5.74, 6) is -3.49. The van der Waals surface area contributed by atoms with E-state index in [0.29, 0.717) is 25.3 Å². The summed E-state index contributed by atoms with van der Waals surface area (Å²) in [6, 6.07) is 0.837. The van der Waals surface area contributed by atoms with E-state index in [0.717, 1.165) is 11.0 Å². The fourth-order valence-electron chi connectivity index (χ4n) is 2.41. The molecule has 1 fully saturated rings. The predicted molar refractivity (Wildman–Crippen MR) is 67.4 cm³/mol. The average molecular weight is 283 g/mol. The number of likely N-dealkylation sites (tertiary alicyclic amines) is 1. The highest BCUT2D eigenvalue weighted by molar-refractivity contribution is 5.97. The Balaban J connectivity index is 2.34. The summed E-state index contributed by atoms with van der Waals surface area (Å²) in [5.41, 5.74) is -0.129. The van der Waals surface area contributed by atoms with Crippen molar-refractivity contribution in [3.8, 4) is 0 Å². The lowest BCUT2D eigenvalue weighted by Crippen LogP contribution is -2.48. The van der Waals surface area contributed by atoms with E-state index in [-0.39, 0.29) is 17.7 Å². The van der Waals surface area contributed by atoms with Crippen molar-refractivity contribution in [2.45, 2.75) is 32.2 Å². The molecule has 1 aliphatic rings. The van der Waals surface area contributed by atoms with Crippen molar-refractivity contribution in [1.82, 2.24) is 4.90 Å². The first kappa shape index (κ1) is 14.4. The summed E-state index contributed by atoms with van der Waals surface area (Å²) in [4.78, 5) is 24.6. The number of rotatable bonds is 2. The second-order valence-corrected chi connectivity index (χ2v) is 4.93. The van der Waals surface area contributed by atoms with Crippen LogP contribution in [0.3, 0.4) is 0 Å². The van der Waals surface area contributed by atoms with Gasteiger partial charge in [-0.3, -0.25) is 4.79 Å². The van der Waals surface area contributed by atoms with Crippen LogP contribution in [0.5, 0.6) is 0 Å². The standard InChI is InChI=1S/C14H15F2NO3/c1-8-6-9(11(16)7-10(8)15)13(18)17-5-3-2-4-12(17)14(19)20/h6-7,12H,2-5H2,1H3,(H,19,20). The molecule has 1 aliphatic heterocycles. The molecule has 0 spiro atoms. The molecule has 1 N–H and O–H groups in total. The van der Waals surface area contributed by atoms with E-state index in [1.54, 1.807) is 0 Å². The molecule has 108 valence electrons. The van der Waals surface area contributed by atoms with E-state index >= 15 is 0 Å². The lowest BCUT2D eigenvalue weighted by atomic mass is 10.00. The van der Waals surface area contributed by atoms with Crippen LogP contribution >= 0.6 is 0 Å². The molecule has 0 radical (unpaired) electrons. The number of aryl methyl sites for hydroxylation is 1. The molecule has 4 nitrogen and oxygen atoms in total. The number of piperidine rings is 1. The van der Waals surface area contributed by atoms with Crippen molar-refractivity contribution in [3.05, 3.63) is 34.9 Å². The second kappa shape index (κ2) is 5.56. The quantitative estimate of drug-likeness (QED) is 0.906. The van der Waals surface area contributed by atoms with Crippen LogP contribution in [0.4, 0.5) is 8.78 Å². The van der Waals surface area contributed by atoms with E-state index in [1.807, 2.05) is 0 Å². The fourth-order valence-corrected chi connectivity index (χ4v) is 2.41. The van der Waals surface area contributed by atoms with Crippen LogP contribution in [0.1, 0.15) is 35.2 Å². The summed E-state index contributed by atoms with van der Waals surface area (Å²) in [7, 11) is 0. The van der Waals surface area contributed by atoms with Gasteiger partial charge in [0.1, 0.15) is 17.7 Å². The van der Waals surface area contributed by atoms with Gasteiger partial charge in [0, 0.05) is 12.6 Å². The zero-order valence-corrected chi connectivity index (χ0v) is 11.0. The molecular formula is C14H15F2NO3. The normalized spacial score (nSPS) is 18.9. The molecule has 1 aromatic carbocycles. The third-order valence-corrected chi connectivity index (χ3v) is 3.53. The highest BCUT2D eigenvalue weighted by Crippen LogP contribution is 2.22. The number of hydrogen-bond acceptors (Lipinski definition) is 2. The van der Waals surface area contributed by atoms with Gasteiger partial charge >= 0.3 is 5.97 Å². The zero-order chi connectivity index (χ0) is 14.9. The number of hydrogen-bond donors (Lipinski definition) is 1. The Bertz CT molecular complexity index is 560. The van der Waals surface area contributed by atoms with Crippen molar-refractivity contribution >= 4 is 11.9 Å². The molecule has 0 aliphatic carbocycles. The Morgan fingerprint density at radius 2 is 1.95 bits per heavy atom. The number of amides is 1. The molecule has 0 aromatic heterocycles. The number of carbonyl (C=O) groups excluding carboxylic acids is 1. The van der Waals surface area contributed by atoms with Gasteiger partial charge in [-0.1, -0.05) is 0 Å². The third-order valence-electron chi connectivity index (χ3n) is 3.53. The van der Waals surface area contributed by atoms with Crippen molar-refractivity contribution in [1.29, 1.82) is 0 Å². The van der Waals surface area contributed by atoms with Crippen LogP contribution in [0, 0.1) is 18.6 Å². The predicted octanol–water partition coefficient (Wildman–Crippen LogP) is 2.35. The molecule has 1 aromatic rings. The summed E-state index contributed by atoms with van der Waals surface area (Å²) in [6.07, 6.45) is 1.74. The van der Waals surface area contributed by atoms with E-state index in [4.69, 9.17) is 5.11 Å². The van der Waals surface area contributed by atoms with Crippen molar-refractivity contribution in [2.24, 2.45) is 0 Å². The average Bonchev–Trinajstić information content (AvgIpc) is 2.42. The molecule has 6 heteroatoms. The van der Waals surface area contributed by atoms with Crippen LogP contribution in [-0.2, 0) is 4.79 Å². The van der Waals surface area contributed by atoms with E-state index < -0.39 is 29.6 Å². The van der Waals surface area contributed by atoms with Gasteiger partial charge in [0.2, 0.25) is 0 Å². The summed E-state index contributed by atoms with van der Waals surface area (Å²) >= 11 is 0. The molecule has 1 saturated heterocycles. The number of aliphatic carboxylic acids is 1. The minimum atomic E-state index is -1.10. The molecule has 1 unspecified atom stereocenters. The van der Waals surface area contributed by atoms with Crippen molar-refractivity contribution < 1.29 is 23.5 Å². The second-order valence-electron chi connectivity index (χ2n) is 4.93.